The van der Waals surface area contributed by atoms with Crippen LogP contribution in [0.1, 0.15) is 5.56 Å². The summed E-state index contributed by atoms with van der Waals surface area (Å²) < 4.78 is 4.67. The molecule has 0 heterocycles. The second kappa shape index (κ2) is 3.96. The largest absolute Gasteiger partial charge is 0.374 e. The van der Waals surface area contributed by atoms with Gasteiger partial charge < -0.3 is 4.74 Å². The topological polar surface area (TPSA) is 9.23 Å². The van der Waals surface area contributed by atoms with Crippen LogP contribution >= 0.6 is 23.2 Å². The third kappa shape index (κ3) is 2.37. The summed E-state index contributed by atoms with van der Waals surface area (Å²) in [5.41, 5.74) is 0.895. The van der Waals surface area contributed by atoms with Crippen LogP contribution in [0.15, 0.2) is 18.2 Å². The van der Waals surface area contributed by atoms with Crippen LogP contribution in [0.3, 0.4) is 0 Å². The number of hydrogen-bond donors (Lipinski definition) is 0. The van der Waals surface area contributed by atoms with E-state index in [1.54, 1.807) is 12.1 Å². The normalized spacial score (nSPS) is 10.1. The molecule has 1 radical (unpaired) electrons. The number of ether oxygens (including phenoxy) is 1. The molecule has 0 aromatic heterocycles. The van der Waals surface area contributed by atoms with Gasteiger partial charge in [0.2, 0.25) is 0 Å². The van der Waals surface area contributed by atoms with Gasteiger partial charge in [0.1, 0.15) is 0 Å². The lowest BCUT2D eigenvalue weighted by Gasteiger charge is -2.01. The third-order valence-corrected chi connectivity index (χ3v) is 1.86. The highest BCUT2D eigenvalue weighted by atomic mass is 35.5. The first kappa shape index (κ1) is 8.85. The van der Waals surface area contributed by atoms with Crippen molar-refractivity contribution in [3.8, 4) is 0 Å². The molecule has 1 nitrogen and oxygen atoms in total. The van der Waals surface area contributed by atoms with Gasteiger partial charge >= 0.3 is 0 Å². The molecular formula is C8H7Cl2O. The van der Waals surface area contributed by atoms with Crippen molar-refractivity contribution in [1.82, 2.24) is 0 Å². The van der Waals surface area contributed by atoms with E-state index in [1.165, 1.54) is 0 Å². The van der Waals surface area contributed by atoms with Gasteiger partial charge in [-0.3, -0.25) is 0 Å². The van der Waals surface area contributed by atoms with Crippen molar-refractivity contribution in [2.75, 3.05) is 0 Å². The van der Waals surface area contributed by atoms with E-state index in [2.05, 4.69) is 11.8 Å². The molecule has 0 unspecified atom stereocenters. The predicted molar refractivity (Wildman–Crippen MR) is 46.6 cm³/mol. The quantitative estimate of drug-likeness (QED) is 0.695. The molecule has 0 aliphatic rings. The second-order valence-corrected chi connectivity index (χ2v) is 2.93. The van der Waals surface area contributed by atoms with Crippen LogP contribution < -0.4 is 0 Å². The molecule has 3 heteroatoms. The lowest BCUT2D eigenvalue weighted by atomic mass is 10.2. The second-order valence-electron chi connectivity index (χ2n) is 2.08. The van der Waals surface area contributed by atoms with E-state index < -0.39 is 0 Å². The van der Waals surface area contributed by atoms with Crippen molar-refractivity contribution in [3.05, 3.63) is 40.9 Å². The van der Waals surface area contributed by atoms with Gasteiger partial charge in [-0.05, 0) is 17.7 Å². The van der Waals surface area contributed by atoms with Crippen LogP contribution in [0, 0.1) is 7.11 Å². The van der Waals surface area contributed by atoms with Crippen molar-refractivity contribution in [3.63, 3.8) is 0 Å². The fourth-order valence-electron chi connectivity index (χ4n) is 0.749. The maximum Gasteiger partial charge on any atom is 0.0732 e. The molecule has 0 aliphatic heterocycles. The molecule has 0 aliphatic carbocycles. The number of rotatable bonds is 2. The highest BCUT2D eigenvalue weighted by molar-refractivity contribution is 6.35. The summed E-state index contributed by atoms with van der Waals surface area (Å²) in [6.45, 7) is 0.413. The van der Waals surface area contributed by atoms with Crippen molar-refractivity contribution in [2.45, 2.75) is 6.61 Å². The van der Waals surface area contributed by atoms with Gasteiger partial charge in [0, 0.05) is 10.0 Å². The first-order valence-electron chi connectivity index (χ1n) is 3.05. The molecule has 0 spiro atoms. The molecule has 1 aromatic rings. The Kier molecular flexibility index (Phi) is 3.18. The zero-order chi connectivity index (χ0) is 8.27. The first-order valence-corrected chi connectivity index (χ1v) is 3.80. The van der Waals surface area contributed by atoms with Gasteiger partial charge in [0.15, 0.2) is 0 Å². The average Bonchev–Trinajstić information content (AvgIpc) is 1.95. The maximum absolute atomic E-state index is 5.82. The Bertz CT molecular complexity index is 248. The fraction of sp³-hybridized carbons (Fsp3) is 0.125. The van der Waals surface area contributed by atoms with Crippen LogP contribution in [0.4, 0.5) is 0 Å². The van der Waals surface area contributed by atoms with E-state index in [0.717, 1.165) is 5.56 Å². The summed E-state index contributed by atoms with van der Waals surface area (Å²) in [7, 11) is 3.25. The lowest BCUT2D eigenvalue weighted by Crippen LogP contribution is -1.86. The van der Waals surface area contributed by atoms with Crippen LogP contribution in [0.2, 0.25) is 10.0 Å². The predicted octanol–water partition coefficient (Wildman–Crippen LogP) is 3.30. The smallest absolute Gasteiger partial charge is 0.0732 e. The van der Waals surface area contributed by atoms with Crippen molar-refractivity contribution in [2.24, 2.45) is 0 Å². The van der Waals surface area contributed by atoms with Crippen LogP contribution in [-0.2, 0) is 11.3 Å². The van der Waals surface area contributed by atoms with E-state index in [-0.39, 0.29) is 0 Å². The highest BCUT2D eigenvalue weighted by Crippen LogP contribution is 2.21. The molecule has 59 valence electrons. The molecule has 11 heavy (non-hydrogen) atoms. The third-order valence-electron chi connectivity index (χ3n) is 1.27. The first-order chi connectivity index (χ1) is 5.24. The Balaban J connectivity index is 2.90. The van der Waals surface area contributed by atoms with Gasteiger partial charge in [-0.25, -0.2) is 0 Å². The molecule has 0 saturated carbocycles. The summed E-state index contributed by atoms with van der Waals surface area (Å²) in [5.74, 6) is 0. The molecule has 0 fully saturated rings. The Hall–Kier alpha value is -0.240. The molecule has 0 saturated heterocycles. The van der Waals surface area contributed by atoms with Crippen LogP contribution in [0.25, 0.3) is 0 Å². The lowest BCUT2D eigenvalue weighted by molar-refractivity contribution is 0.229. The van der Waals surface area contributed by atoms with Gasteiger partial charge in [0.25, 0.3) is 0 Å². The molecule has 0 atom stereocenters. The fourth-order valence-corrected chi connectivity index (χ4v) is 1.21. The van der Waals surface area contributed by atoms with Crippen LogP contribution in [0.5, 0.6) is 0 Å². The molecule has 1 aromatic carbocycles. The van der Waals surface area contributed by atoms with E-state index in [1.807, 2.05) is 6.07 Å². The van der Waals surface area contributed by atoms with E-state index in [9.17, 15) is 0 Å². The molecule has 0 N–H and O–H groups in total. The molecule has 0 amide bonds. The van der Waals surface area contributed by atoms with E-state index >= 15 is 0 Å². The number of halogens is 2. The summed E-state index contributed by atoms with van der Waals surface area (Å²) in [5, 5.41) is 1.24. The summed E-state index contributed by atoms with van der Waals surface area (Å²) in [4.78, 5) is 0. The monoisotopic (exact) mass is 189 g/mol. The van der Waals surface area contributed by atoms with Gasteiger partial charge in [0.05, 0.1) is 13.7 Å². The van der Waals surface area contributed by atoms with Crippen LogP contribution in [-0.4, -0.2) is 0 Å². The minimum absolute atomic E-state index is 0.413. The SMILES string of the molecule is [CH2]OCc1ccc(Cl)cc1Cl. The van der Waals surface area contributed by atoms with Crippen molar-refractivity contribution >= 4 is 23.2 Å². The number of benzene rings is 1. The summed E-state index contributed by atoms with van der Waals surface area (Å²) >= 11 is 11.5. The van der Waals surface area contributed by atoms with Gasteiger partial charge in [-0.15, -0.1) is 0 Å². The molecular weight excluding hydrogens is 183 g/mol. The Morgan fingerprint density at radius 2 is 2.09 bits per heavy atom. The summed E-state index contributed by atoms with van der Waals surface area (Å²) in [6, 6.07) is 5.26. The van der Waals surface area contributed by atoms with E-state index in [0.29, 0.717) is 16.7 Å². The molecule has 1 rings (SSSR count). The van der Waals surface area contributed by atoms with E-state index in [4.69, 9.17) is 23.2 Å². The Labute approximate surface area is 75.9 Å². The zero-order valence-electron chi connectivity index (χ0n) is 5.81. The zero-order valence-corrected chi connectivity index (χ0v) is 7.32. The minimum atomic E-state index is 0.413. The average molecular weight is 190 g/mol. The van der Waals surface area contributed by atoms with Gasteiger partial charge in [-0.2, -0.15) is 0 Å². The Morgan fingerprint density at radius 1 is 1.36 bits per heavy atom. The molecule has 0 bridgehead atoms. The highest BCUT2D eigenvalue weighted by Gasteiger charge is 1.99. The van der Waals surface area contributed by atoms with Crippen molar-refractivity contribution < 1.29 is 4.74 Å². The summed E-state index contributed by atoms with van der Waals surface area (Å²) in [6.07, 6.45) is 0. The number of hydrogen-bond acceptors (Lipinski definition) is 1. The standard InChI is InChI=1S/C8H7Cl2O/c1-11-5-6-2-3-7(9)4-8(6)10/h2-4H,1,5H2. The maximum atomic E-state index is 5.82. The minimum Gasteiger partial charge on any atom is -0.374 e. The Morgan fingerprint density at radius 3 is 2.64 bits per heavy atom. The van der Waals surface area contributed by atoms with Gasteiger partial charge in [-0.1, -0.05) is 29.3 Å². The van der Waals surface area contributed by atoms with Crippen molar-refractivity contribution in [1.29, 1.82) is 0 Å².